The number of aromatic nitrogens is 4. The van der Waals surface area contributed by atoms with Crippen molar-refractivity contribution in [3.05, 3.63) is 36.2 Å². The number of tetrazole rings is 1. The van der Waals surface area contributed by atoms with Crippen LogP contribution in [0.25, 0.3) is 5.69 Å². The van der Waals surface area contributed by atoms with Gasteiger partial charge < -0.3 is 0 Å². The maximum atomic E-state index is 4.16. The van der Waals surface area contributed by atoms with Gasteiger partial charge in [-0.2, -0.15) is 4.68 Å². The van der Waals surface area contributed by atoms with Crippen LogP contribution in [0.1, 0.15) is 31.5 Å². The van der Waals surface area contributed by atoms with Gasteiger partial charge in [-0.3, -0.25) is 4.90 Å². The quantitative estimate of drug-likeness (QED) is 0.841. The van der Waals surface area contributed by atoms with E-state index >= 15 is 0 Å². The molecule has 0 amide bonds. The Bertz CT molecular complexity index is 516. The Morgan fingerprint density at radius 3 is 2.68 bits per heavy atom. The summed E-state index contributed by atoms with van der Waals surface area (Å²) in [5.41, 5.74) is 1.02. The van der Waals surface area contributed by atoms with Gasteiger partial charge in [-0.15, -0.1) is 5.10 Å². The van der Waals surface area contributed by atoms with Crippen LogP contribution in [0.3, 0.4) is 0 Å². The van der Waals surface area contributed by atoms with E-state index in [9.17, 15) is 0 Å². The monoisotopic (exact) mass is 257 g/mol. The molecule has 1 aromatic carbocycles. The third kappa shape index (κ3) is 2.66. The summed E-state index contributed by atoms with van der Waals surface area (Å²) >= 11 is 0. The average Bonchev–Trinajstić information content (AvgIpc) is 3.11. The molecule has 5 heteroatoms. The molecule has 1 aromatic heterocycles. The van der Waals surface area contributed by atoms with Gasteiger partial charge in [0.1, 0.15) is 0 Å². The molecule has 0 aliphatic heterocycles. The summed E-state index contributed by atoms with van der Waals surface area (Å²) in [6.45, 7) is 0.798. The molecule has 0 bridgehead atoms. The topological polar surface area (TPSA) is 46.8 Å². The average molecular weight is 257 g/mol. The molecule has 0 atom stereocenters. The van der Waals surface area contributed by atoms with Crippen LogP contribution in [0.2, 0.25) is 0 Å². The van der Waals surface area contributed by atoms with E-state index in [1.54, 1.807) is 0 Å². The molecule has 0 saturated heterocycles. The lowest BCUT2D eigenvalue weighted by molar-refractivity contribution is 0.230. The Hall–Kier alpha value is -1.75. The van der Waals surface area contributed by atoms with Crippen LogP contribution in [-0.2, 0) is 6.54 Å². The lowest BCUT2D eigenvalue weighted by Crippen LogP contribution is -2.29. The Balaban J connectivity index is 1.77. The van der Waals surface area contributed by atoms with E-state index in [-0.39, 0.29) is 0 Å². The van der Waals surface area contributed by atoms with Gasteiger partial charge in [0.15, 0.2) is 5.82 Å². The molecule has 1 aliphatic rings. The Morgan fingerprint density at radius 2 is 1.95 bits per heavy atom. The molecule has 0 unspecified atom stereocenters. The van der Waals surface area contributed by atoms with Gasteiger partial charge in [-0.05, 0) is 42.4 Å². The van der Waals surface area contributed by atoms with Crippen LogP contribution in [0.5, 0.6) is 0 Å². The predicted molar refractivity (Wildman–Crippen MR) is 72.9 cm³/mol. The van der Waals surface area contributed by atoms with Crippen LogP contribution in [0.15, 0.2) is 30.3 Å². The van der Waals surface area contributed by atoms with Crippen molar-refractivity contribution in [2.24, 2.45) is 0 Å². The van der Waals surface area contributed by atoms with E-state index in [0.29, 0.717) is 6.04 Å². The third-order valence-electron chi connectivity index (χ3n) is 3.87. The second-order valence-corrected chi connectivity index (χ2v) is 5.20. The van der Waals surface area contributed by atoms with Crippen molar-refractivity contribution >= 4 is 0 Å². The molecule has 1 saturated carbocycles. The van der Waals surface area contributed by atoms with Crippen molar-refractivity contribution in [1.82, 2.24) is 25.1 Å². The first-order valence-corrected chi connectivity index (χ1v) is 6.87. The molecule has 5 nitrogen and oxygen atoms in total. The minimum absolute atomic E-state index is 0.681. The molecule has 0 radical (unpaired) electrons. The number of hydrogen-bond donors (Lipinski definition) is 0. The van der Waals surface area contributed by atoms with Gasteiger partial charge in [-0.1, -0.05) is 31.0 Å². The van der Waals surface area contributed by atoms with Crippen molar-refractivity contribution in [1.29, 1.82) is 0 Å². The zero-order valence-corrected chi connectivity index (χ0v) is 11.2. The van der Waals surface area contributed by atoms with E-state index in [4.69, 9.17) is 0 Å². The van der Waals surface area contributed by atoms with E-state index in [1.807, 2.05) is 35.0 Å². The van der Waals surface area contributed by atoms with Crippen molar-refractivity contribution in [3.8, 4) is 5.69 Å². The van der Waals surface area contributed by atoms with E-state index < -0.39 is 0 Å². The van der Waals surface area contributed by atoms with Crippen molar-refractivity contribution in [2.45, 2.75) is 38.3 Å². The summed E-state index contributed by atoms with van der Waals surface area (Å²) in [4.78, 5) is 2.37. The molecule has 0 N–H and O–H groups in total. The molecule has 100 valence electrons. The van der Waals surface area contributed by atoms with E-state index in [2.05, 4.69) is 27.5 Å². The zero-order chi connectivity index (χ0) is 13.1. The van der Waals surface area contributed by atoms with Gasteiger partial charge in [0.05, 0.1) is 12.2 Å². The second kappa shape index (κ2) is 5.48. The minimum Gasteiger partial charge on any atom is -0.296 e. The molecule has 0 spiro atoms. The summed E-state index contributed by atoms with van der Waals surface area (Å²) in [7, 11) is 2.17. The highest BCUT2D eigenvalue weighted by Gasteiger charge is 2.21. The molecule has 1 heterocycles. The second-order valence-electron chi connectivity index (χ2n) is 5.20. The zero-order valence-electron chi connectivity index (χ0n) is 11.2. The smallest absolute Gasteiger partial charge is 0.170 e. The molecular weight excluding hydrogens is 238 g/mol. The number of benzene rings is 1. The van der Waals surface area contributed by atoms with Gasteiger partial charge in [0.25, 0.3) is 0 Å². The van der Waals surface area contributed by atoms with Crippen LogP contribution in [0, 0.1) is 0 Å². The lowest BCUT2D eigenvalue weighted by Gasteiger charge is -2.23. The fraction of sp³-hybridized carbons (Fsp3) is 0.500. The van der Waals surface area contributed by atoms with Crippen molar-refractivity contribution in [2.75, 3.05) is 7.05 Å². The first-order valence-electron chi connectivity index (χ1n) is 6.87. The fourth-order valence-corrected chi connectivity index (χ4v) is 2.77. The first kappa shape index (κ1) is 12.3. The Kier molecular flexibility index (Phi) is 3.55. The van der Waals surface area contributed by atoms with Crippen LogP contribution in [0.4, 0.5) is 0 Å². The molecule has 2 aromatic rings. The summed E-state index contributed by atoms with van der Waals surface area (Å²) in [6, 6.07) is 10.7. The minimum atomic E-state index is 0.681. The van der Waals surface area contributed by atoms with Crippen LogP contribution >= 0.6 is 0 Å². The normalized spacial score (nSPS) is 16.3. The Labute approximate surface area is 113 Å². The largest absolute Gasteiger partial charge is 0.296 e. The molecule has 3 rings (SSSR count). The van der Waals surface area contributed by atoms with Crippen molar-refractivity contribution < 1.29 is 0 Å². The molecular formula is C14H19N5. The van der Waals surface area contributed by atoms with E-state index in [0.717, 1.165) is 18.1 Å². The SMILES string of the molecule is CN(Cc1nnnn1-c1ccccc1)C1CCCC1. The summed E-state index contributed by atoms with van der Waals surface area (Å²) in [6.07, 6.45) is 5.28. The Morgan fingerprint density at radius 1 is 1.21 bits per heavy atom. The fourth-order valence-electron chi connectivity index (χ4n) is 2.77. The summed E-state index contributed by atoms with van der Waals surface area (Å²) in [5, 5.41) is 12.1. The molecule has 1 fully saturated rings. The van der Waals surface area contributed by atoms with Gasteiger partial charge in [0.2, 0.25) is 0 Å². The van der Waals surface area contributed by atoms with Gasteiger partial charge in [-0.25, -0.2) is 0 Å². The first-order chi connectivity index (χ1) is 9.34. The number of hydrogen-bond acceptors (Lipinski definition) is 4. The summed E-state index contributed by atoms with van der Waals surface area (Å²) in [5.74, 6) is 0.903. The van der Waals surface area contributed by atoms with Crippen molar-refractivity contribution in [3.63, 3.8) is 0 Å². The van der Waals surface area contributed by atoms with Gasteiger partial charge in [0, 0.05) is 6.04 Å². The molecule has 1 aliphatic carbocycles. The maximum Gasteiger partial charge on any atom is 0.170 e. The number of rotatable bonds is 4. The van der Waals surface area contributed by atoms with Gasteiger partial charge >= 0.3 is 0 Å². The highest BCUT2D eigenvalue weighted by molar-refractivity contribution is 5.30. The van der Waals surface area contributed by atoms with E-state index in [1.165, 1.54) is 25.7 Å². The van der Waals surface area contributed by atoms with Crippen LogP contribution < -0.4 is 0 Å². The predicted octanol–water partition coefficient (Wildman–Crippen LogP) is 2.04. The number of nitrogens with zero attached hydrogens (tertiary/aromatic N) is 5. The maximum absolute atomic E-state index is 4.16. The molecule has 19 heavy (non-hydrogen) atoms. The standard InChI is InChI=1S/C14H19N5/c1-18(12-7-5-6-8-12)11-14-15-16-17-19(14)13-9-3-2-4-10-13/h2-4,9-10,12H,5-8,11H2,1H3. The number of para-hydroxylation sites is 1. The highest BCUT2D eigenvalue weighted by atomic mass is 15.5. The highest BCUT2D eigenvalue weighted by Crippen LogP contribution is 2.23. The summed E-state index contributed by atoms with van der Waals surface area (Å²) < 4.78 is 1.82. The lowest BCUT2D eigenvalue weighted by atomic mass is 10.2. The third-order valence-corrected chi connectivity index (χ3v) is 3.87. The van der Waals surface area contributed by atoms with Crippen LogP contribution in [-0.4, -0.2) is 38.2 Å².